The van der Waals surface area contributed by atoms with E-state index in [9.17, 15) is 4.39 Å². The quantitative estimate of drug-likeness (QED) is 0.598. The van der Waals surface area contributed by atoms with Crippen LogP contribution in [-0.2, 0) is 0 Å². The molecule has 1 rings (SSSR count). The fourth-order valence-electron chi connectivity index (χ4n) is 0.804. The average Bonchev–Trinajstić information content (AvgIpc) is 2.04. The Hall–Kier alpha value is -1.62. The van der Waals surface area contributed by atoms with Gasteiger partial charge in [-0.25, -0.2) is 4.39 Å². The number of nitriles is 1. The van der Waals surface area contributed by atoms with E-state index in [1.807, 2.05) is 6.07 Å². The molecular formula is C9H6FN. The lowest BCUT2D eigenvalue weighted by atomic mass is 10.1. The van der Waals surface area contributed by atoms with Crippen LogP contribution < -0.4 is 0 Å². The Labute approximate surface area is 64.4 Å². The lowest BCUT2D eigenvalue weighted by Crippen LogP contribution is -1.82. The van der Waals surface area contributed by atoms with E-state index in [1.54, 1.807) is 0 Å². The number of rotatable bonds is 1. The average molecular weight is 147 g/mol. The minimum atomic E-state index is -0.348. The van der Waals surface area contributed by atoms with Crippen LogP contribution >= 0.6 is 0 Å². The van der Waals surface area contributed by atoms with Crippen molar-refractivity contribution in [2.75, 3.05) is 0 Å². The molecule has 0 aliphatic carbocycles. The van der Waals surface area contributed by atoms with Crippen molar-refractivity contribution in [1.82, 2.24) is 0 Å². The van der Waals surface area contributed by atoms with Gasteiger partial charge in [-0.1, -0.05) is 12.7 Å². The Kier molecular flexibility index (Phi) is 2.03. The molecule has 2 heteroatoms. The van der Waals surface area contributed by atoms with E-state index >= 15 is 0 Å². The van der Waals surface area contributed by atoms with Crippen LogP contribution in [0.5, 0.6) is 0 Å². The fraction of sp³-hybridized carbons (Fsp3) is 0. The van der Waals surface area contributed by atoms with Crippen LogP contribution in [0.2, 0.25) is 0 Å². The highest BCUT2D eigenvalue weighted by atomic mass is 19.1. The van der Waals surface area contributed by atoms with Crippen molar-refractivity contribution >= 4 is 6.08 Å². The smallest absolute Gasteiger partial charge is 0.123 e. The van der Waals surface area contributed by atoms with Gasteiger partial charge in [0.15, 0.2) is 0 Å². The second-order valence-electron chi connectivity index (χ2n) is 2.05. The molecule has 0 aliphatic heterocycles. The Morgan fingerprint density at radius 3 is 2.82 bits per heavy atom. The van der Waals surface area contributed by atoms with Crippen LogP contribution in [0.25, 0.3) is 6.08 Å². The summed E-state index contributed by atoms with van der Waals surface area (Å²) in [5, 5.41) is 8.52. The summed E-state index contributed by atoms with van der Waals surface area (Å²) in [6.07, 6.45) is 1.46. The van der Waals surface area contributed by atoms with Crippen molar-refractivity contribution in [1.29, 1.82) is 5.26 Å². The predicted molar refractivity (Wildman–Crippen MR) is 41.2 cm³/mol. The van der Waals surface area contributed by atoms with E-state index in [4.69, 9.17) is 5.26 Å². The first-order chi connectivity index (χ1) is 5.27. The molecular weight excluding hydrogens is 141 g/mol. The first-order valence-corrected chi connectivity index (χ1v) is 3.10. The molecule has 0 aromatic heterocycles. The summed E-state index contributed by atoms with van der Waals surface area (Å²) >= 11 is 0. The third kappa shape index (κ3) is 1.44. The molecule has 11 heavy (non-hydrogen) atoms. The van der Waals surface area contributed by atoms with Crippen LogP contribution in [-0.4, -0.2) is 0 Å². The Balaban J connectivity index is 3.30. The number of halogens is 1. The highest BCUT2D eigenvalue weighted by Gasteiger charge is 1.98. The van der Waals surface area contributed by atoms with Gasteiger partial charge in [-0.2, -0.15) is 5.26 Å². The molecule has 0 N–H and O–H groups in total. The number of benzene rings is 1. The Morgan fingerprint density at radius 1 is 1.55 bits per heavy atom. The van der Waals surface area contributed by atoms with Gasteiger partial charge >= 0.3 is 0 Å². The standard InChI is InChI=1S/C9H6FN/c1-2-7-5-9(10)4-3-8(7)6-11/h2-5H,1H2. The van der Waals surface area contributed by atoms with Gasteiger partial charge in [0.25, 0.3) is 0 Å². The maximum Gasteiger partial charge on any atom is 0.123 e. The monoisotopic (exact) mass is 147 g/mol. The third-order valence-corrected chi connectivity index (χ3v) is 1.35. The summed E-state index contributed by atoms with van der Waals surface area (Å²) in [6.45, 7) is 3.46. The fourth-order valence-corrected chi connectivity index (χ4v) is 0.804. The van der Waals surface area contributed by atoms with Crippen molar-refractivity contribution in [2.45, 2.75) is 0 Å². The zero-order chi connectivity index (χ0) is 8.27. The molecule has 0 unspecified atom stereocenters. The van der Waals surface area contributed by atoms with Gasteiger partial charge in [-0.05, 0) is 23.8 Å². The van der Waals surface area contributed by atoms with Gasteiger partial charge in [0.1, 0.15) is 5.82 Å². The maximum absolute atomic E-state index is 12.5. The molecule has 0 saturated heterocycles. The van der Waals surface area contributed by atoms with Crippen LogP contribution in [0.15, 0.2) is 24.8 Å². The highest BCUT2D eigenvalue weighted by molar-refractivity contribution is 5.56. The van der Waals surface area contributed by atoms with E-state index in [1.165, 1.54) is 24.3 Å². The van der Waals surface area contributed by atoms with Crippen LogP contribution in [0.1, 0.15) is 11.1 Å². The van der Waals surface area contributed by atoms with E-state index in [0.29, 0.717) is 11.1 Å². The SMILES string of the molecule is C=Cc1cc(F)ccc1C#N. The van der Waals surface area contributed by atoms with Crippen molar-refractivity contribution in [2.24, 2.45) is 0 Å². The first kappa shape index (κ1) is 7.49. The summed E-state index contributed by atoms with van der Waals surface area (Å²) in [5.41, 5.74) is 0.980. The molecule has 0 amide bonds. The minimum absolute atomic E-state index is 0.348. The summed E-state index contributed by atoms with van der Waals surface area (Å²) in [7, 11) is 0. The largest absolute Gasteiger partial charge is 0.207 e. The molecule has 0 atom stereocenters. The molecule has 0 heterocycles. The van der Waals surface area contributed by atoms with Gasteiger partial charge in [0, 0.05) is 0 Å². The lowest BCUT2D eigenvalue weighted by molar-refractivity contribution is 0.627. The predicted octanol–water partition coefficient (Wildman–Crippen LogP) is 2.34. The zero-order valence-corrected chi connectivity index (χ0v) is 5.84. The molecule has 0 bridgehead atoms. The van der Waals surface area contributed by atoms with Gasteiger partial charge in [-0.3, -0.25) is 0 Å². The van der Waals surface area contributed by atoms with Gasteiger partial charge in [-0.15, -0.1) is 0 Å². The molecule has 1 nitrogen and oxygen atoms in total. The van der Waals surface area contributed by atoms with Crippen molar-refractivity contribution in [3.63, 3.8) is 0 Å². The molecule has 0 radical (unpaired) electrons. The van der Waals surface area contributed by atoms with Crippen molar-refractivity contribution < 1.29 is 4.39 Å². The van der Waals surface area contributed by atoms with E-state index in [-0.39, 0.29) is 5.82 Å². The normalized spacial score (nSPS) is 8.73. The molecule has 0 saturated carbocycles. The molecule has 0 aliphatic rings. The second-order valence-corrected chi connectivity index (χ2v) is 2.05. The molecule has 0 fully saturated rings. The summed E-state index contributed by atoms with van der Waals surface area (Å²) in [6, 6.07) is 5.91. The van der Waals surface area contributed by atoms with Crippen molar-refractivity contribution in [3.05, 3.63) is 41.7 Å². The summed E-state index contributed by atoms with van der Waals surface area (Å²) in [4.78, 5) is 0. The van der Waals surface area contributed by atoms with Crippen LogP contribution in [0.3, 0.4) is 0 Å². The van der Waals surface area contributed by atoms with E-state index in [2.05, 4.69) is 6.58 Å². The van der Waals surface area contributed by atoms with E-state index in [0.717, 1.165) is 0 Å². The van der Waals surface area contributed by atoms with Crippen LogP contribution in [0, 0.1) is 17.1 Å². The van der Waals surface area contributed by atoms with Gasteiger partial charge < -0.3 is 0 Å². The molecule has 0 spiro atoms. The molecule has 1 aromatic carbocycles. The maximum atomic E-state index is 12.5. The van der Waals surface area contributed by atoms with Crippen molar-refractivity contribution in [3.8, 4) is 6.07 Å². The number of hydrogen-bond acceptors (Lipinski definition) is 1. The van der Waals surface area contributed by atoms with Gasteiger partial charge in [0.05, 0.1) is 11.6 Å². The zero-order valence-electron chi connectivity index (χ0n) is 5.84. The second kappa shape index (κ2) is 2.98. The molecule has 1 aromatic rings. The van der Waals surface area contributed by atoms with Gasteiger partial charge in [0.2, 0.25) is 0 Å². The number of nitrogens with zero attached hydrogens (tertiary/aromatic N) is 1. The topological polar surface area (TPSA) is 23.8 Å². The summed E-state index contributed by atoms with van der Waals surface area (Å²) < 4.78 is 12.5. The Bertz CT molecular complexity index is 323. The third-order valence-electron chi connectivity index (χ3n) is 1.35. The highest BCUT2D eigenvalue weighted by Crippen LogP contribution is 2.10. The minimum Gasteiger partial charge on any atom is -0.207 e. The summed E-state index contributed by atoms with van der Waals surface area (Å²) in [5.74, 6) is -0.348. The number of hydrogen-bond donors (Lipinski definition) is 0. The molecule has 54 valence electrons. The lowest BCUT2D eigenvalue weighted by Gasteiger charge is -1.95. The Morgan fingerprint density at radius 2 is 2.27 bits per heavy atom. The van der Waals surface area contributed by atoms with E-state index < -0.39 is 0 Å². The first-order valence-electron chi connectivity index (χ1n) is 3.10. The van der Waals surface area contributed by atoms with Crippen LogP contribution in [0.4, 0.5) is 4.39 Å².